The van der Waals surface area contributed by atoms with Gasteiger partial charge in [-0.15, -0.1) is 0 Å². The van der Waals surface area contributed by atoms with Crippen molar-refractivity contribution in [2.45, 2.75) is 44.1 Å². The molecular formula is C13H22N2O5S. The summed E-state index contributed by atoms with van der Waals surface area (Å²) in [6, 6.07) is 0. The topological polar surface area (TPSA) is 104 Å². The third-order valence-corrected chi connectivity index (χ3v) is 5.83. The molecule has 120 valence electrons. The Hall–Kier alpha value is -1.15. The number of aliphatic carboxylic acids is 1. The first-order chi connectivity index (χ1) is 9.74. The number of piperidine rings is 1. The van der Waals surface area contributed by atoms with Gasteiger partial charge in [-0.3, -0.25) is 4.79 Å². The van der Waals surface area contributed by atoms with Crippen LogP contribution in [0.5, 0.6) is 0 Å². The fraction of sp³-hybridized carbons (Fsp3) is 0.846. The Balaban J connectivity index is 1.95. The van der Waals surface area contributed by atoms with Crippen LogP contribution in [0.15, 0.2) is 0 Å². The number of carboxylic acids is 1. The van der Waals surface area contributed by atoms with Crippen LogP contribution in [0.3, 0.4) is 0 Å². The summed E-state index contributed by atoms with van der Waals surface area (Å²) in [6.07, 6.45) is 4.58. The molecule has 2 aliphatic rings. The second-order valence-electron chi connectivity index (χ2n) is 6.02. The molecular weight excluding hydrogens is 296 g/mol. The van der Waals surface area contributed by atoms with Crippen molar-refractivity contribution < 1.29 is 23.1 Å². The lowest BCUT2D eigenvalue weighted by atomic mass is 9.92. The predicted octanol–water partition coefficient (Wildman–Crippen LogP) is 0.172. The second kappa shape index (κ2) is 5.92. The summed E-state index contributed by atoms with van der Waals surface area (Å²) >= 11 is 0. The molecule has 1 aliphatic carbocycles. The van der Waals surface area contributed by atoms with Crippen LogP contribution in [0.25, 0.3) is 0 Å². The molecule has 1 saturated heterocycles. The Labute approximate surface area is 124 Å². The van der Waals surface area contributed by atoms with E-state index in [-0.39, 0.29) is 11.8 Å². The van der Waals surface area contributed by atoms with Gasteiger partial charge in [0.1, 0.15) is 5.54 Å². The Morgan fingerprint density at radius 2 is 1.71 bits per heavy atom. The molecule has 1 saturated carbocycles. The van der Waals surface area contributed by atoms with Crippen molar-refractivity contribution in [2.75, 3.05) is 19.3 Å². The molecule has 2 fully saturated rings. The van der Waals surface area contributed by atoms with Gasteiger partial charge in [0.25, 0.3) is 0 Å². The molecule has 2 rings (SSSR count). The highest BCUT2D eigenvalue weighted by atomic mass is 32.2. The molecule has 0 radical (unpaired) electrons. The average molecular weight is 318 g/mol. The van der Waals surface area contributed by atoms with E-state index in [9.17, 15) is 23.1 Å². The maximum atomic E-state index is 12.3. The molecule has 0 aromatic heterocycles. The van der Waals surface area contributed by atoms with Gasteiger partial charge < -0.3 is 10.4 Å². The van der Waals surface area contributed by atoms with Crippen LogP contribution in [0.1, 0.15) is 38.5 Å². The summed E-state index contributed by atoms with van der Waals surface area (Å²) in [5, 5.41) is 12.1. The predicted molar refractivity (Wildman–Crippen MR) is 76.1 cm³/mol. The lowest BCUT2D eigenvalue weighted by Gasteiger charge is -2.32. The van der Waals surface area contributed by atoms with Gasteiger partial charge in [-0.1, -0.05) is 12.8 Å². The van der Waals surface area contributed by atoms with Crippen molar-refractivity contribution in [1.82, 2.24) is 9.62 Å². The lowest BCUT2D eigenvalue weighted by Crippen LogP contribution is -2.55. The second-order valence-corrected chi connectivity index (χ2v) is 8.00. The Morgan fingerprint density at radius 3 is 2.14 bits per heavy atom. The number of carbonyl (C=O) groups excluding carboxylic acids is 1. The van der Waals surface area contributed by atoms with Gasteiger partial charge in [0.05, 0.1) is 6.26 Å². The zero-order valence-electron chi connectivity index (χ0n) is 12.2. The highest BCUT2D eigenvalue weighted by Gasteiger charge is 2.44. The number of rotatable bonds is 4. The smallest absolute Gasteiger partial charge is 0.329 e. The third kappa shape index (κ3) is 3.55. The quantitative estimate of drug-likeness (QED) is 0.769. The van der Waals surface area contributed by atoms with Crippen LogP contribution < -0.4 is 5.32 Å². The Morgan fingerprint density at radius 1 is 1.19 bits per heavy atom. The molecule has 0 bridgehead atoms. The highest BCUT2D eigenvalue weighted by molar-refractivity contribution is 7.88. The van der Waals surface area contributed by atoms with E-state index in [1.807, 2.05) is 0 Å². The maximum Gasteiger partial charge on any atom is 0.329 e. The largest absolute Gasteiger partial charge is 0.480 e. The van der Waals surface area contributed by atoms with Gasteiger partial charge in [0, 0.05) is 19.0 Å². The van der Waals surface area contributed by atoms with Crippen LogP contribution in [0.2, 0.25) is 0 Å². The molecule has 0 atom stereocenters. The van der Waals surface area contributed by atoms with Crippen molar-refractivity contribution in [3.05, 3.63) is 0 Å². The summed E-state index contributed by atoms with van der Waals surface area (Å²) < 4.78 is 24.2. The van der Waals surface area contributed by atoms with Crippen molar-refractivity contribution in [3.8, 4) is 0 Å². The first-order valence-electron chi connectivity index (χ1n) is 7.25. The zero-order valence-corrected chi connectivity index (χ0v) is 13.0. The molecule has 0 aromatic carbocycles. The SMILES string of the molecule is CS(=O)(=O)N1CCC(C(=O)NC2(C(=O)O)CCCC2)CC1. The summed E-state index contributed by atoms with van der Waals surface area (Å²) in [7, 11) is -3.22. The minimum absolute atomic E-state index is 0.257. The zero-order chi connectivity index (χ0) is 15.7. The van der Waals surface area contributed by atoms with Gasteiger partial charge in [-0.25, -0.2) is 17.5 Å². The number of nitrogens with zero attached hydrogens (tertiary/aromatic N) is 1. The Kier molecular flexibility index (Phi) is 4.57. The van der Waals surface area contributed by atoms with Crippen molar-refractivity contribution in [2.24, 2.45) is 5.92 Å². The van der Waals surface area contributed by atoms with Crippen LogP contribution in [-0.2, 0) is 19.6 Å². The fourth-order valence-corrected chi connectivity index (χ4v) is 4.03. The summed E-state index contributed by atoms with van der Waals surface area (Å²) in [5.74, 6) is -1.53. The molecule has 1 heterocycles. The number of hydrogen-bond donors (Lipinski definition) is 2. The van der Waals surface area contributed by atoms with Crippen molar-refractivity contribution in [1.29, 1.82) is 0 Å². The van der Waals surface area contributed by atoms with E-state index < -0.39 is 21.5 Å². The minimum atomic E-state index is -3.22. The molecule has 7 nitrogen and oxygen atoms in total. The first-order valence-corrected chi connectivity index (χ1v) is 9.10. The number of amides is 1. The van der Waals surface area contributed by atoms with E-state index in [0.717, 1.165) is 19.1 Å². The van der Waals surface area contributed by atoms with Gasteiger partial charge in [-0.05, 0) is 25.7 Å². The first kappa shape index (κ1) is 16.2. The standard InChI is InChI=1S/C13H22N2O5S/c1-21(19,20)15-8-4-10(5-9-15)11(16)14-13(12(17)18)6-2-3-7-13/h10H,2-9H2,1H3,(H,14,16)(H,17,18). The Bertz CT molecular complexity index is 517. The van der Waals surface area contributed by atoms with Crippen LogP contribution in [-0.4, -0.2) is 54.6 Å². The minimum Gasteiger partial charge on any atom is -0.480 e. The number of nitrogens with one attached hydrogen (secondary N) is 1. The third-order valence-electron chi connectivity index (χ3n) is 4.52. The molecule has 1 amide bonds. The summed E-state index contributed by atoms with van der Waals surface area (Å²) in [4.78, 5) is 23.7. The van der Waals surface area contributed by atoms with Gasteiger partial charge in [0.2, 0.25) is 15.9 Å². The van der Waals surface area contributed by atoms with Gasteiger partial charge >= 0.3 is 5.97 Å². The fourth-order valence-electron chi connectivity index (χ4n) is 3.16. The molecule has 1 aliphatic heterocycles. The molecule has 0 unspecified atom stereocenters. The number of carbonyl (C=O) groups is 2. The maximum absolute atomic E-state index is 12.3. The van der Waals surface area contributed by atoms with Crippen LogP contribution in [0, 0.1) is 5.92 Å². The van der Waals surface area contributed by atoms with Crippen LogP contribution >= 0.6 is 0 Å². The molecule has 0 aromatic rings. The van der Waals surface area contributed by atoms with E-state index in [2.05, 4.69) is 5.32 Å². The van der Waals surface area contributed by atoms with E-state index in [0.29, 0.717) is 38.8 Å². The molecule has 2 N–H and O–H groups in total. The van der Waals surface area contributed by atoms with Crippen molar-refractivity contribution >= 4 is 21.9 Å². The summed E-state index contributed by atoms with van der Waals surface area (Å²) in [5.41, 5.74) is -1.12. The number of carboxylic acid groups (broad SMARTS) is 1. The van der Waals surface area contributed by atoms with E-state index >= 15 is 0 Å². The number of hydrogen-bond acceptors (Lipinski definition) is 4. The molecule has 8 heteroatoms. The van der Waals surface area contributed by atoms with Crippen LogP contribution in [0.4, 0.5) is 0 Å². The summed E-state index contributed by atoms with van der Waals surface area (Å²) in [6.45, 7) is 0.633. The number of sulfonamides is 1. The molecule has 21 heavy (non-hydrogen) atoms. The molecule has 0 spiro atoms. The van der Waals surface area contributed by atoms with E-state index in [1.54, 1.807) is 0 Å². The van der Waals surface area contributed by atoms with E-state index in [4.69, 9.17) is 0 Å². The highest BCUT2D eigenvalue weighted by Crippen LogP contribution is 2.31. The van der Waals surface area contributed by atoms with Gasteiger partial charge in [-0.2, -0.15) is 0 Å². The lowest BCUT2D eigenvalue weighted by molar-refractivity contribution is -0.148. The van der Waals surface area contributed by atoms with Gasteiger partial charge in [0.15, 0.2) is 0 Å². The van der Waals surface area contributed by atoms with Crippen molar-refractivity contribution in [3.63, 3.8) is 0 Å². The average Bonchev–Trinajstić information content (AvgIpc) is 2.88. The van der Waals surface area contributed by atoms with E-state index in [1.165, 1.54) is 4.31 Å². The normalized spacial score (nSPS) is 23.9. The monoisotopic (exact) mass is 318 g/mol.